The third-order valence-corrected chi connectivity index (χ3v) is 5.47. The zero-order chi connectivity index (χ0) is 16.4. The molecule has 118 valence electrons. The Morgan fingerprint density at radius 2 is 2.00 bits per heavy atom. The molecule has 1 unspecified atom stereocenters. The lowest BCUT2D eigenvalue weighted by Gasteiger charge is -2.29. The maximum Gasteiger partial charge on any atom is 0.183 e. The fourth-order valence-electron chi connectivity index (χ4n) is 4.29. The van der Waals surface area contributed by atoms with Crippen LogP contribution in [0.1, 0.15) is 16.7 Å². The van der Waals surface area contributed by atoms with E-state index in [0.29, 0.717) is 5.49 Å². The molecule has 4 heteroatoms. The lowest BCUT2D eigenvalue weighted by molar-refractivity contribution is 0.709. The van der Waals surface area contributed by atoms with E-state index in [1.165, 1.54) is 22.0 Å². The van der Waals surface area contributed by atoms with Crippen molar-refractivity contribution in [2.24, 2.45) is 10.2 Å². The number of para-hydroxylation sites is 1. The van der Waals surface area contributed by atoms with E-state index in [1.54, 1.807) is 6.21 Å². The Kier molecular flexibility index (Phi) is 2.31. The van der Waals surface area contributed by atoms with Crippen LogP contribution >= 0.6 is 0 Å². The number of fused-ring (bicyclic) bond motifs is 7. The second-order valence-corrected chi connectivity index (χ2v) is 6.74. The molecule has 0 saturated heterocycles. The van der Waals surface area contributed by atoms with Crippen LogP contribution in [0.4, 0.5) is 5.69 Å². The molecule has 0 radical (unpaired) electrons. The number of hydrogen-bond donors (Lipinski definition) is 1. The predicted octanol–water partition coefficient (Wildman–Crippen LogP) is 2.26. The number of hydrogen-bond acceptors (Lipinski definition) is 4. The second kappa shape index (κ2) is 4.42. The monoisotopic (exact) mass is 322 g/mol. The highest BCUT2D eigenvalue weighted by Gasteiger charge is 2.40. The SMILES string of the molecule is C1=CC2(CNc3ccccc32)c2ccc3cc4c(nc3c2=C1)=NN=C4. The highest BCUT2D eigenvalue weighted by atomic mass is 15.2. The Balaban J connectivity index is 1.71. The van der Waals surface area contributed by atoms with Gasteiger partial charge in [-0.25, -0.2) is 4.98 Å². The van der Waals surface area contributed by atoms with Crippen LogP contribution in [0.5, 0.6) is 0 Å². The first-order valence-electron chi connectivity index (χ1n) is 8.43. The summed E-state index contributed by atoms with van der Waals surface area (Å²) in [5.74, 6) is 0. The summed E-state index contributed by atoms with van der Waals surface area (Å²) in [6.45, 7) is 0.869. The van der Waals surface area contributed by atoms with Gasteiger partial charge >= 0.3 is 0 Å². The average molecular weight is 322 g/mol. The van der Waals surface area contributed by atoms with Gasteiger partial charge in [-0.3, -0.25) is 0 Å². The van der Waals surface area contributed by atoms with Crippen molar-refractivity contribution in [2.45, 2.75) is 5.41 Å². The Labute approximate surface area is 143 Å². The molecule has 0 amide bonds. The Morgan fingerprint density at radius 3 is 3.00 bits per heavy atom. The van der Waals surface area contributed by atoms with Crippen LogP contribution in [-0.4, -0.2) is 17.7 Å². The van der Waals surface area contributed by atoms with E-state index in [1.807, 2.05) is 0 Å². The van der Waals surface area contributed by atoms with Gasteiger partial charge in [0.1, 0.15) is 0 Å². The molecule has 1 atom stereocenters. The Morgan fingerprint density at radius 1 is 1.04 bits per heavy atom. The third kappa shape index (κ3) is 1.59. The van der Waals surface area contributed by atoms with Crippen molar-refractivity contribution in [1.29, 1.82) is 0 Å². The van der Waals surface area contributed by atoms with Crippen LogP contribution in [0.3, 0.4) is 0 Å². The van der Waals surface area contributed by atoms with Gasteiger partial charge in [-0.05, 0) is 23.3 Å². The minimum Gasteiger partial charge on any atom is -0.383 e. The summed E-state index contributed by atoms with van der Waals surface area (Å²) in [6, 6.07) is 15.1. The van der Waals surface area contributed by atoms with Crippen LogP contribution < -0.4 is 16.0 Å². The number of nitrogens with zero attached hydrogens (tertiary/aromatic N) is 3. The summed E-state index contributed by atoms with van der Waals surface area (Å²) < 4.78 is 0. The van der Waals surface area contributed by atoms with Crippen LogP contribution in [0.2, 0.25) is 0 Å². The zero-order valence-electron chi connectivity index (χ0n) is 13.4. The fraction of sp³-hybridized carbons (Fsp3) is 0.0952. The van der Waals surface area contributed by atoms with Gasteiger partial charge in [-0.2, -0.15) is 5.10 Å². The molecule has 1 aromatic heterocycles. The van der Waals surface area contributed by atoms with Gasteiger partial charge < -0.3 is 5.32 Å². The number of pyridine rings is 1. The largest absolute Gasteiger partial charge is 0.383 e. The van der Waals surface area contributed by atoms with Gasteiger partial charge in [0, 0.05) is 28.4 Å². The molecule has 0 fully saturated rings. The van der Waals surface area contributed by atoms with E-state index in [4.69, 9.17) is 4.98 Å². The van der Waals surface area contributed by atoms with E-state index in [-0.39, 0.29) is 5.41 Å². The standard InChI is InChI=1S/C21H14N4/c1-2-6-18-17(5-1)21(12-22-18)9-3-4-15-16(21)8-7-13-10-14-11-23-25-20(14)24-19(13)15/h1-11,22H,12H2. The fourth-order valence-corrected chi connectivity index (χ4v) is 4.29. The van der Waals surface area contributed by atoms with E-state index in [9.17, 15) is 0 Å². The van der Waals surface area contributed by atoms with Crippen molar-refractivity contribution in [1.82, 2.24) is 4.98 Å². The second-order valence-electron chi connectivity index (χ2n) is 6.74. The minimum atomic E-state index is -0.136. The molecular formula is C21H14N4. The number of aromatic nitrogens is 1. The minimum absolute atomic E-state index is 0.136. The molecule has 6 rings (SSSR count). The van der Waals surface area contributed by atoms with Gasteiger partial charge in [0.2, 0.25) is 0 Å². The van der Waals surface area contributed by atoms with Gasteiger partial charge in [-0.1, -0.05) is 48.6 Å². The van der Waals surface area contributed by atoms with Crippen molar-refractivity contribution in [3.05, 3.63) is 82.0 Å². The number of allylic oxidation sites excluding steroid dienone is 1. The highest BCUT2D eigenvalue weighted by Crippen LogP contribution is 2.43. The summed E-state index contributed by atoms with van der Waals surface area (Å²) in [7, 11) is 0. The van der Waals surface area contributed by atoms with Crippen molar-refractivity contribution in [3.63, 3.8) is 0 Å². The Hall–Kier alpha value is -3.27. The van der Waals surface area contributed by atoms with Gasteiger partial charge in [0.05, 0.1) is 17.1 Å². The molecular weight excluding hydrogens is 308 g/mol. The highest BCUT2D eigenvalue weighted by molar-refractivity contribution is 5.90. The molecule has 3 aromatic rings. The molecule has 25 heavy (non-hydrogen) atoms. The van der Waals surface area contributed by atoms with E-state index >= 15 is 0 Å². The maximum atomic E-state index is 4.80. The zero-order valence-corrected chi connectivity index (χ0v) is 13.4. The van der Waals surface area contributed by atoms with Crippen LogP contribution in [0.15, 0.2) is 64.8 Å². The molecule has 2 aromatic carbocycles. The summed E-state index contributed by atoms with van der Waals surface area (Å²) in [4.78, 5) is 4.80. The molecule has 3 heterocycles. The van der Waals surface area contributed by atoms with Gasteiger partial charge in [0.15, 0.2) is 5.49 Å². The summed E-state index contributed by atoms with van der Waals surface area (Å²) in [5, 5.41) is 14.0. The lowest BCUT2D eigenvalue weighted by atomic mass is 9.73. The molecule has 1 spiro atoms. The summed E-state index contributed by atoms with van der Waals surface area (Å²) in [5.41, 5.74) is 6.40. The Bertz CT molecular complexity index is 1250. The van der Waals surface area contributed by atoms with Gasteiger partial charge in [-0.15, -0.1) is 5.10 Å². The smallest absolute Gasteiger partial charge is 0.183 e. The molecule has 3 aliphatic rings. The molecule has 2 aliphatic heterocycles. The number of anilines is 1. The quantitative estimate of drug-likeness (QED) is 0.690. The number of benzene rings is 2. The van der Waals surface area contributed by atoms with E-state index in [0.717, 1.165) is 23.0 Å². The topological polar surface area (TPSA) is 49.6 Å². The van der Waals surface area contributed by atoms with Gasteiger partial charge in [0.25, 0.3) is 0 Å². The van der Waals surface area contributed by atoms with Crippen LogP contribution in [0.25, 0.3) is 17.0 Å². The summed E-state index contributed by atoms with van der Waals surface area (Å²) in [6.07, 6.45) is 8.40. The first kappa shape index (κ1) is 13.1. The van der Waals surface area contributed by atoms with E-state index in [2.05, 4.69) is 76.2 Å². The average Bonchev–Trinajstić information content (AvgIpc) is 3.26. The third-order valence-electron chi connectivity index (χ3n) is 5.47. The number of rotatable bonds is 0. The normalized spacial score (nSPS) is 21.4. The lowest BCUT2D eigenvalue weighted by Crippen LogP contribution is -2.36. The van der Waals surface area contributed by atoms with Crippen LogP contribution in [0, 0.1) is 0 Å². The van der Waals surface area contributed by atoms with Crippen LogP contribution in [-0.2, 0) is 5.41 Å². The van der Waals surface area contributed by atoms with Crippen molar-refractivity contribution >= 4 is 28.9 Å². The van der Waals surface area contributed by atoms with Crippen molar-refractivity contribution in [3.8, 4) is 0 Å². The number of nitrogens with one attached hydrogen (secondary N) is 1. The molecule has 1 N–H and O–H groups in total. The first-order valence-corrected chi connectivity index (χ1v) is 8.43. The van der Waals surface area contributed by atoms with Crippen molar-refractivity contribution < 1.29 is 0 Å². The molecule has 0 saturated carbocycles. The molecule has 4 nitrogen and oxygen atoms in total. The summed E-state index contributed by atoms with van der Waals surface area (Å²) >= 11 is 0. The first-order chi connectivity index (χ1) is 12.4. The maximum absolute atomic E-state index is 4.80. The van der Waals surface area contributed by atoms with E-state index < -0.39 is 0 Å². The molecule has 1 aliphatic carbocycles. The predicted molar refractivity (Wildman–Crippen MR) is 99.4 cm³/mol. The van der Waals surface area contributed by atoms with Crippen molar-refractivity contribution in [2.75, 3.05) is 11.9 Å². The molecule has 0 bridgehead atoms.